The smallest absolute Gasteiger partial charge is 0.0661 e. The average Bonchev–Trinajstić information content (AvgIpc) is 2.91. The first-order chi connectivity index (χ1) is 8.85. The fourth-order valence-corrected chi connectivity index (χ4v) is 5.38. The van der Waals surface area contributed by atoms with Crippen LogP contribution >= 0.6 is 11.8 Å². The van der Waals surface area contributed by atoms with E-state index in [-0.39, 0.29) is 0 Å². The largest absolute Gasteiger partial charge is 0.378 e. The van der Waals surface area contributed by atoms with Crippen molar-refractivity contribution in [2.75, 3.05) is 18.1 Å². The highest BCUT2D eigenvalue weighted by Gasteiger charge is 2.56. The van der Waals surface area contributed by atoms with Crippen LogP contribution in [0.5, 0.6) is 0 Å². The molecule has 0 amide bonds. The van der Waals surface area contributed by atoms with E-state index >= 15 is 0 Å². The molecule has 1 heterocycles. The fraction of sp³-hybridized carbons (Fsp3) is 1.00. The number of hydrogen-bond donors (Lipinski definition) is 1. The lowest BCUT2D eigenvalue weighted by Gasteiger charge is -2.55. The Hall–Kier alpha value is 0.270. The molecule has 2 saturated carbocycles. The molecule has 2 atom stereocenters. The number of hydrogen-bond acceptors (Lipinski definition) is 3. The Kier molecular flexibility index (Phi) is 4.21. The molecule has 1 N–H and O–H groups in total. The Bertz CT molecular complexity index is 272. The predicted octanol–water partition coefficient (Wildman–Crippen LogP) is 3.21. The molecular formula is C15H27NOS. The van der Waals surface area contributed by atoms with Crippen molar-refractivity contribution in [2.24, 2.45) is 5.41 Å². The van der Waals surface area contributed by atoms with Gasteiger partial charge in [-0.15, -0.1) is 0 Å². The highest BCUT2D eigenvalue weighted by Crippen LogP contribution is 2.55. The second kappa shape index (κ2) is 5.72. The fourth-order valence-electron chi connectivity index (χ4n) is 4.27. The van der Waals surface area contributed by atoms with Crippen LogP contribution in [0.2, 0.25) is 0 Å². The van der Waals surface area contributed by atoms with Gasteiger partial charge in [-0.05, 0) is 50.5 Å². The monoisotopic (exact) mass is 269 g/mol. The minimum Gasteiger partial charge on any atom is -0.378 e. The Morgan fingerprint density at radius 2 is 1.94 bits per heavy atom. The standard InChI is InChI=1S/C15H27NOS/c1-2-17-14-11-13(15(14)7-3-4-8-15)16-12-5-9-18-10-6-12/h12-14,16H,2-11H2,1H3. The number of nitrogens with one attached hydrogen (secondary N) is 1. The molecule has 0 bridgehead atoms. The molecule has 0 aromatic heterocycles. The van der Waals surface area contributed by atoms with E-state index in [2.05, 4.69) is 24.0 Å². The van der Waals surface area contributed by atoms with Gasteiger partial charge in [-0.3, -0.25) is 0 Å². The van der Waals surface area contributed by atoms with Crippen LogP contribution in [0.25, 0.3) is 0 Å². The summed E-state index contributed by atoms with van der Waals surface area (Å²) < 4.78 is 5.99. The lowest BCUT2D eigenvalue weighted by Crippen LogP contribution is -2.64. The van der Waals surface area contributed by atoms with Crippen molar-refractivity contribution in [2.45, 2.75) is 70.1 Å². The van der Waals surface area contributed by atoms with E-state index in [0.29, 0.717) is 11.5 Å². The summed E-state index contributed by atoms with van der Waals surface area (Å²) >= 11 is 2.12. The van der Waals surface area contributed by atoms with Crippen LogP contribution in [0.15, 0.2) is 0 Å². The van der Waals surface area contributed by atoms with Gasteiger partial charge >= 0.3 is 0 Å². The first-order valence-electron chi connectivity index (χ1n) is 7.80. The Labute approximate surface area is 116 Å². The summed E-state index contributed by atoms with van der Waals surface area (Å²) in [5.74, 6) is 2.71. The molecule has 1 aliphatic heterocycles. The van der Waals surface area contributed by atoms with Gasteiger partial charge in [0.2, 0.25) is 0 Å². The third kappa shape index (κ3) is 2.34. The molecule has 0 aromatic carbocycles. The molecule has 104 valence electrons. The van der Waals surface area contributed by atoms with Crippen LogP contribution in [0.4, 0.5) is 0 Å². The number of rotatable bonds is 4. The normalized spacial score (nSPS) is 35.8. The zero-order chi connectivity index (χ0) is 12.4. The van der Waals surface area contributed by atoms with Crippen LogP contribution in [0, 0.1) is 5.41 Å². The van der Waals surface area contributed by atoms with Gasteiger partial charge in [0.1, 0.15) is 0 Å². The topological polar surface area (TPSA) is 21.3 Å². The second-order valence-corrected chi connectivity index (χ2v) is 7.45. The summed E-state index contributed by atoms with van der Waals surface area (Å²) in [6, 6.07) is 1.54. The van der Waals surface area contributed by atoms with E-state index in [1.165, 1.54) is 56.5 Å². The third-order valence-electron chi connectivity index (χ3n) is 5.35. The molecule has 1 spiro atoms. The minimum atomic E-state index is 0.514. The molecule has 2 unspecified atom stereocenters. The number of ether oxygens (including phenoxy) is 1. The van der Waals surface area contributed by atoms with E-state index in [0.717, 1.165) is 18.7 Å². The van der Waals surface area contributed by atoms with Crippen molar-refractivity contribution in [3.63, 3.8) is 0 Å². The van der Waals surface area contributed by atoms with Crippen molar-refractivity contribution in [1.29, 1.82) is 0 Å². The Balaban J connectivity index is 1.59. The Morgan fingerprint density at radius 1 is 1.22 bits per heavy atom. The maximum absolute atomic E-state index is 5.99. The van der Waals surface area contributed by atoms with Gasteiger partial charge in [0.05, 0.1) is 6.10 Å². The summed E-state index contributed by atoms with van der Waals surface area (Å²) in [5, 5.41) is 3.98. The molecule has 0 aromatic rings. The summed E-state index contributed by atoms with van der Waals surface area (Å²) in [6.07, 6.45) is 10.2. The first-order valence-corrected chi connectivity index (χ1v) is 8.96. The molecule has 1 saturated heterocycles. The van der Waals surface area contributed by atoms with Gasteiger partial charge in [0.25, 0.3) is 0 Å². The van der Waals surface area contributed by atoms with Crippen molar-refractivity contribution >= 4 is 11.8 Å². The van der Waals surface area contributed by atoms with Gasteiger partial charge in [0.15, 0.2) is 0 Å². The lowest BCUT2D eigenvalue weighted by molar-refractivity contribution is -0.132. The first kappa shape index (κ1) is 13.3. The van der Waals surface area contributed by atoms with Crippen LogP contribution in [-0.2, 0) is 4.74 Å². The summed E-state index contributed by atoms with van der Waals surface area (Å²) in [5.41, 5.74) is 0.514. The zero-order valence-electron chi connectivity index (χ0n) is 11.6. The average molecular weight is 269 g/mol. The van der Waals surface area contributed by atoms with Gasteiger partial charge in [-0.2, -0.15) is 11.8 Å². The van der Waals surface area contributed by atoms with E-state index in [1.54, 1.807) is 0 Å². The molecule has 3 aliphatic rings. The van der Waals surface area contributed by atoms with Gasteiger partial charge in [0, 0.05) is 24.1 Å². The summed E-state index contributed by atoms with van der Waals surface area (Å²) in [6.45, 7) is 3.03. The van der Waals surface area contributed by atoms with E-state index < -0.39 is 0 Å². The molecule has 3 fully saturated rings. The van der Waals surface area contributed by atoms with Crippen LogP contribution in [0.3, 0.4) is 0 Å². The molecular weight excluding hydrogens is 242 g/mol. The molecule has 2 aliphatic carbocycles. The summed E-state index contributed by atoms with van der Waals surface area (Å²) in [7, 11) is 0. The van der Waals surface area contributed by atoms with Gasteiger partial charge in [-0.25, -0.2) is 0 Å². The highest BCUT2D eigenvalue weighted by molar-refractivity contribution is 7.99. The highest BCUT2D eigenvalue weighted by atomic mass is 32.2. The van der Waals surface area contributed by atoms with Crippen molar-refractivity contribution in [1.82, 2.24) is 5.32 Å². The molecule has 2 nitrogen and oxygen atoms in total. The molecule has 3 rings (SSSR count). The molecule has 0 radical (unpaired) electrons. The third-order valence-corrected chi connectivity index (χ3v) is 6.39. The van der Waals surface area contributed by atoms with E-state index in [1.807, 2.05) is 0 Å². The SMILES string of the molecule is CCOC1CC(NC2CCSCC2)C12CCCC2. The quantitative estimate of drug-likeness (QED) is 0.847. The number of thioether (sulfide) groups is 1. The summed E-state index contributed by atoms with van der Waals surface area (Å²) in [4.78, 5) is 0. The van der Waals surface area contributed by atoms with Crippen LogP contribution in [-0.4, -0.2) is 36.3 Å². The lowest BCUT2D eigenvalue weighted by atomic mass is 9.60. The molecule has 3 heteroatoms. The van der Waals surface area contributed by atoms with Gasteiger partial charge in [-0.1, -0.05) is 12.8 Å². The van der Waals surface area contributed by atoms with Crippen molar-refractivity contribution in [3.8, 4) is 0 Å². The maximum Gasteiger partial charge on any atom is 0.0661 e. The predicted molar refractivity (Wildman–Crippen MR) is 78.2 cm³/mol. The van der Waals surface area contributed by atoms with Crippen LogP contribution < -0.4 is 5.32 Å². The second-order valence-electron chi connectivity index (χ2n) is 6.23. The van der Waals surface area contributed by atoms with E-state index in [9.17, 15) is 0 Å². The van der Waals surface area contributed by atoms with Crippen molar-refractivity contribution < 1.29 is 4.74 Å². The molecule has 18 heavy (non-hydrogen) atoms. The van der Waals surface area contributed by atoms with Crippen molar-refractivity contribution in [3.05, 3.63) is 0 Å². The zero-order valence-corrected chi connectivity index (χ0v) is 12.4. The Morgan fingerprint density at radius 3 is 2.61 bits per heavy atom. The maximum atomic E-state index is 5.99. The van der Waals surface area contributed by atoms with Gasteiger partial charge < -0.3 is 10.1 Å². The van der Waals surface area contributed by atoms with E-state index in [4.69, 9.17) is 4.74 Å². The van der Waals surface area contributed by atoms with Crippen LogP contribution in [0.1, 0.15) is 51.9 Å². The minimum absolute atomic E-state index is 0.514.